The molecular weight excluding hydrogens is 262 g/mol. The van der Waals surface area contributed by atoms with Gasteiger partial charge in [0.2, 0.25) is 5.88 Å². The molecule has 19 heavy (non-hydrogen) atoms. The van der Waals surface area contributed by atoms with Gasteiger partial charge in [0.25, 0.3) is 0 Å². The second-order valence-electron chi connectivity index (χ2n) is 3.86. The third-order valence-electron chi connectivity index (χ3n) is 2.76. The highest BCUT2D eigenvalue weighted by Crippen LogP contribution is 2.37. The fourth-order valence-corrected chi connectivity index (χ4v) is 2.45. The summed E-state index contributed by atoms with van der Waals surface area (Å²) in [6.45, 7) is 0. The van der Waals surface area contributed by atoms with Gasteiger partial charge in [-0.15, -0.1) is 11.3 Å². The molecule has 0 saturated carbocycles. The van der Waals surface area contributed by atoms with Gasteiger partial charge in [-0.25, -0.2) is 0 Å². The number of hydrogen-bond donors (Lipinski definition) is 1. The first kappa shape index (κ1) is 11.7. The molecule has 96 valence electrons. The summed E-state index contributed by atoms with van der Waals surface area (Å²) in [4.78, 5) is 4.97. The second kappa shape index (κ2) is 4.74. The van der Waals surface area contributed by atoms with Crippen molar-refractivity contribution in [2.24, 2.45) is 0 Å². The molecule has 0 fully saturated rings. The number of rotatable bonds is 3. The molecule has 6 heteroatoms. The quantitative estimate of drug-likeness (QED) is 0.793. The number of nitrogens with zero attached hydrogens (tertiary/aromatic N) is 2. The van der Waals surface area contributed by atoms with Crippen LogP contribution < -0.4 is 10.5 Å². The van der Waals surface area contributed by atoms with Gasteiger partial charge < -0.3 is 15.0 Å². The fourth-order valence-electron chi connectivity index (χ4n) is 1.84. The van der Waals surface area contributed by atoms with Crippen LogP contribution in [0, 0.1) is 0 Å². The molecule has 0 saturated heterocycles. The molecule has 0 aliphatic carbocycles. The van der Waals surface area contributed by atoms with Crippen molar-refractivity contribution in [2.75, 3.05) is 12.8 Å². The standard InChI is InChI=1S/C13H11N3O2S/c1-17-9-4-2-8(3-5-9)11-12(16-18-13(11)14)10-6-15-7-19-10/h2-7H,14H2,1H3. The summed E-state index contributed by atoms with van der Waals surface area (Å²) in [6, 6.07) is 7.59. The molecule has 3 rings (SSSR count). The smallest absolute Gasteiger partial charge is 0.230 e. The van der Waals surface area contributed by atoms with E-state index < -0.39 is 0 Å². The van der Waals surface area contributed by atoms with E-state index in [4.69, 9.17) is 15.0 Å². The van der Waals surface area contributed by atoms with Crippen LogP contribution in [0.1, 0.15) is 0 Å². The summed E-state index contributed by atoms with van der Waals surface area (Å²) < 4.78 is 10.2. The van der Waals surface area contributed by atoms with Crippen LogP contribution in [0.4, 0.5) is 5.88 Å². The summed E-state index contributed by atoms with van der Waals surface area (Å²) in [5.74, 6) is 1.09. The van der Waals surface area contributed by atoms with Gasteiger partial charge in [-0.2, -0.15) is 0 Å². The molecule has 0 aliphatic heterocycles. The highest BCUT2D eigenvalue weighted by molar-refractivity contribution is 7.13. The maximum absolute atomic E-state index is 5.87. The Hall–Kier alpha value is -2.34. The fraction of sp³-hybridized carbons (Fsp3) is 0.0769. The van der Waals surface area contributed by atoms with Crippen LogP contribution in [0.5, 0.6) is 5.75 Å². The van der Waals surface area contributed by atoms with Gasteiger partial charge in [0.1, 0.15) is 11.4 Å². The van der Waals surface area contributed by atoms with Crippen molar-refractivity contribution < 1.29 is 9.26 Å². The molecule has 5 nitrogen and oxygen atoms in total. The van der Waals surface area contributed by atoms with Crippen LogP contribution in [0.2, 0.25) is 0 Å². The van der Waals surface area contributed by atoms with Gasteiger partial charge in [-0.05, 0) is 17.7 Å². The number of nitrogens with two attached hydrogens (primary N) is 1. The number of benzene rings is 1. The molecule has 3 aromatic rings. The molecule has 0 amide bonds. The molecule has 2 heterocycles. The number of hydrogen-bond acceptors (Lipinski definition) is 6. The highest BCUT2D eigenvalue weighted by Gasteiger charge is 2.18. The van der Waals surface area contributed by atoms with Crippen molar-refractivity contribution in [2.45, 2.75) is 0 Å². The number of ether oxygens (including phenoxy) is 1. The Morgan fingerprint density at radius 1 is 1.26 bits per heavy atom. The first-order valence-electron chi connectivity index (χ1n) is 5.58. The van der Waals surface area contributed by atoms with Crippen molar-refractivity contribution in [1.82, 2.24) is 10.1 Å². The van der Waals surface area contributed by atoms with Crippen molar-refractivity contribution in [3.8, 4) is 27.4 Å². The molecule has 0 atom stereocenters. The Labute approximate surface area is 113 Å². The lowest BCUT2D eigenvalue weighted by atomic mass is 10.0. The lowest BCUT2D eigenvalue weighted by molar-refractivity contribution is 0.415. The van der Waals surface area contributed by atoms with Gasteiger partial charge in [0, 0.05) is 6.20 Å². The third-order valence-corrected chi connectivity index (χ3v) is 3.54. The molecule has 2 aromatic heterocycles. The summed E-state index contributed by atoms with van der Waals surface area (Å²) in [5, 5.41) is 4.02. The predicted octanol–water partition coefficient (Wildman–Crippen LogP) is 3.06. The Morgan fingerprint density at radius 2 is 2.05 bits per heavy atom. The van der Waals surface area contributed by atoms with Crippen LogP contribution in [0.25, 0.3) is 21.7 Å². The predicted molar refractivity (Wildman–Crippen MR) is 74.0 cm³/mol. The minimum atomic E-state index is 0.300. The van der Waals surface area contributed by atoms with Crippen molar-refractivity contribution in [3.05, 3.63) is 36.0 Å². The monoisotopic (exact) mass is 273 g/mol. The SMILES string of the molecule is COc1ccc(-c2c(-c3cncs3)noc2N)cc1. The molecule has 0 spiro atoms. The molecule has 0 bridgehead atoms. The molecular formula is C13H11N3O2S. The zero-order valence-corrected chi connectivity index (χ0v) is 11.0. The summed E-state index contributed by atoms with van der Waals surface area (Å²) in [6.07, 6.45) is 1.75. The van der Waals surface area contributed by atoms with Crippen molar-refractivity contribution >= 4 is 17.2 Å². The molecule has 0 unspecified atom stereocenters. The number of thiazole rings is 1. The molecule has 1 aromatic carbocycles. The van der Waals surface area contributed by atoms with E-state index in [0.29, 0.717) is 11.6 Å². The normalized spacial score (nSPS) is 10.6. The number of methoxy groups -OCH3 is 1. The average Bonchev–Trinajstić information content (AvgIpc) is 3.08. The Bertz CT molecular complexity index is 674. The van der Waals surface area contributed by atoms with Crippen LogP contribution in [-0.2, 0) is 0 Å². The number of nitrogen functional groups attached to an aromatic ring is 1. The van der Waals surface area contributed by atoms with Gasteiger partial charge in [0.05, 0.1) is 23.1 Å². The lowest BCUT2D eigenvalue weighted by Crippen LogP contribution is -1.87. The van der Waals surface area contributed by atoms with Crippen LogP contribution in [0.3, 0.4) is 0 Å². The van der Waals surface area contributed by atoms with Gasteiger partial charge in [-0.3, -0.25) is 4.98 Å². The van der Waals surface area contributed by atoms with E-state index in [1.165, 1.54) is 11.3 Å². The van der Waals surface area contributed by atoms with Crippen LogP contribution in [-0.4, -0.2) is 17.3 Å². The molecule has 2 N–H and O–H groups in total. The van der Waals surface area contributed by atoms with Crippen LogP contribution in [0.15, 0.2) is 40.5 Å². The van der Waals surface area contributed by atoms with Crippen molar-refractivity contribution in [1.29, 1.82) is 0 Å². The van der Waals surface area contributed by atoms with Gasteiger partial charge >= 0.3 is 0 Å². The molecule has 0 radical (unpaired) electrons. The first-order chi connectivity index (χ1) is 9.29. The van der Waals surface area contributed by atoms with E-state index >= 15 is 0 Å². The zero-order chi connectivity index (χ0) is 13.2. The second-order valence-corrected chi connectivity index (χ2v) is 4.75. The third kappa shape index (κ3) is 2.06. The largest absolute Gasteiger partial charge is 0.497 e. The summed E-state index contributed by atoms with van der Waals surface area (Å²) >= 11 is 1.49. The number of aromatic nitrogens is 2. The van der Waals surface area contributed by atoms with E-state index in [9.17, 15) is 0 Å². The average molecular weight is 273 g/mol. The van der Waals surface area contributed by atoms with E-state index in [-0.39, 0.29) is 0 Å². The van der Waals surface area contributed by atoms with Crippen LogP contribution >= 0.6 is 11.3 Å². The summed E-state index contributed by atoms with van der Waals surface area (Å²) in [5.41, 5.74) is 10.1. The van der Waals surface area contributed by atoms with Gasteiger partial charge in [-0.1, -0.05) is 17.3 Å². The molecule has 0 aliphatic rings. The Kier molecular flexibility index (Phi) is 2.92. The Balaban J connectivity index is 2.11. The Morgan fingerprint density at radius 3 is 2.68 bits per heavy atom. The van der Waals surface area contributed by atoms with E-state index in [2.05, 4.69) is 10.1 Å². The van der Waals surface area contributed by atoms with Gasteiger partial charge in [0.15, 0.2) is 0 Å². The van der Waals surface area contributed by atoms with E-state index in [1.807, 2.05) is 24.3 Å². The van der Waals surface area contributed by atoms with E-state index in [1.54, 1.807) is 18.8 Å². The first-order valence-corrected chi connectivity index (χ1v) is 6.46. The number of anilines is 1. The summed E-state index contributed by atoms with van der Waals surface area (Å²) in [7, 11) is 1.63. The van der Waals surface area contributed by atoms with E-state index in [0.717, 1.165) is 21.8 Å². The topological polar surface area (TPSA) is 74.2 Å². The zero-order valence-electron chi connectivity index (χ0n) is 10.2. The highest BCUT2D eigenvalue weighted by atomic mass is 32.1. The minimum Gasteiger partial charge on any atom is -0.497 e. The maximum Gasteiger partial charge on any atom is 0.230 e. The maximum atomic E-state index is 5.87. The van der Waals surface area contributed by atoms with Crippen molar-refractivity contribution in [3.63, 3.8) is 0 Å². The minimum absolute atomic E-state index is 0.300. The lowest BCUT2D eigenvalue weighted by Gasteiger charge is -2.03.